The van der Waals surface area contributed by atoms with Crippen LogP contribution < -0.4 is 5.32 Å². The fourth-order valence-electron chi connectivity index (χ4n) is 3.20. The standard InChI is InChI=1S/C18H36N4.HI/c1-6-7-8-11-21(5)18(19-4)20-13-17-10-9-12-22(15-17)14-16(2)3;/h6,16-17H,1,7-15H2,2-5H3,(H,19,20);1H. The summed E-state index contributed by atoms with van der Waals surface area (Å²) in [7, 11) is 3.99. The monoisotopic (exact) mass is 436 g/mol. The summed E-state index contributed by atoms with van der Waals surface area (Å²) in [6, 6.07) is 0. The zero-order valence-electron chi connectivity index (χ0n) is 15.6. The highest BCUT2D eigenvalue weighted by molar-refractivity contribution is 14.0. The lowest BCUT2D eigenvalue weighted by atomic mass is 9.97. The number of hydrogen-bond donors (Lipinski definition) is 1. The molecule has 0 saturated carbocycles. The second kappa shape index (κ2) is 13.0. The highest BCUT2D eigenvalue weighted by Gasteiger charge is 2.20. The molecule has 1 atom stereocenters. The minimum absolute atomic E-state index is 0. The van der Waals surface area contributed by atoms with Crippen molar-refractivity contribution >= 4 is 29.9 Å². The van der Waals surface area contributed by atoms with Gasteiger partial charge in [-0.15, -0.1) is 30.6 Å². The third-order valence-corrected chi connectivity index (χ3v) is 4.25. The molecule has 1 heterocycles. The van der Waals surface area contributed by atoms with Gasteiger partial charge in [-0.25, -0.2) is 0 Å². The molecule has 0 aromatic rings. The van der Waals surface area contributed by atoms with Crippen LogP contribution in [0.1, 0.15) is 39.5 Å². The first-order valence-corrected chi connectivity index (χ1v) is 8.81. The number of aliphatic imine (C=N–C) groups is 1. The second-order valence-corrected chi connectivity index (χ2v) is 6.94. The van der Waals surface area contributed by atoms with Crippen molar-refractivity contribution in [2.45, 2.75) is 39.5 Å². The maximum absolute atomic E-state index is 4.41. The third kappa shape index (κ3) is 9.55. The first-order valence-electron chi connectivity index (χ1n) is 8.81. The molecule has 5 heteroatoms. The van der Waals surface area contributed by atoms with Crippen molar-refractivity contribution in [1.82, 2.24) is 15.1 Å². The summed E-state index contributed by atoms with van der Waals surface area (Å²) in [5, 5.41) is 3.56. The average molecular weight is 436 g/mol. The van der Waals surface area contributed by atoms with E-state index in [1.54, 1.807) is 0 Å². The molecule has 1 saturated heterocycles. The number of nitrogens with zero attached hydrogens (tertiary/aromatic N) is 3. The average Bonchev–Trinajstić information content (AvgIpc) is 2.48. The van der Waals surface area contributed by atoms with Crippen molar-refractivity contribution in [3.63, 3.8) is 0 Å². The van der Waals surface area contributed by atoms with Crippen LogP contribution in [0.4, 0.5) is 0 Å². The molecule has 136 valence electrons. The number of hydrogen-bond acceptors (Lipinski definition) is 2. The molecule has 23 heavy (non-hydrogen) atoms. The van der Waals surface area contributed by atoms with E-state index in [9.17, 15) is 0 Å². The lowest BCUT2D eigenvalue weighted by molar-refractivity contribution is 0.159. The predicted octanol–water partition coefficient (Wildman–Crippen LogP) is 3.45. The first kappa shape index (κ1) is 22.7. The molecule has 1 N–H and O–H groups in total. The van der Waals surface area contributed by atoms with Crippen LogP contribution in [-0.2, 0) is 0 Å². The fourth-order valence-corrected chi connectivity index (χ4v) is 3.20. The Morgan fingerprint density at radius 2 is 2.22 bits per heavy atom. The number of nitrogens with one attached hydrogen (secondary N) is 1. The molecule has 0 aromatic carbocycles. The minimum atomic E-state index is 0. The molecule has 0 spiro atoms. The molecule has 1 rings (SSSR count). The Balaban J connectivity index is 0.00000484. The van der Waals surface area contributed by atoms with E-state index in [0.717, 1.165) is 43.7 Å². The number of halogens is 1. The molecular formula is C18H37IN4. The van der Waals surface area contributed by atoms with Gasteiger partial charge in [-0.05, 0) is 44.1 Å². The summed E-state index contributed by atoms with van der Waals surface area (Å²) < 4.78 is 0. The van der Waals surface area contributed by atoms with Crippen molar-refractivity contribution in [2.75, 3.05) is 46.8 Å². The lowest BCUT2D eigenvalue weighted by Gasteiger charge is -2.34. The number of rotatable bonds is 8. The van der Waals surface area contributed by atoms with Crippen molar-refractivity contribution in [3.05, 3.63) is 12.7 Å². The summed E-state index contributed by atoms with van der Waals surface area (Å²) >= 11 is 0. The summed E-state index contributed by atoms with van der Waals surface area (Å²) in [6.07, 6.45) is 6.83. The van der Waals surface area contributed by atoms with Gasteiger partial charge in [0, 0.05) is 40.3 Å². The molecular weight excluding hydrogens is 399 g/mol. The Bertz CT molecular complexity index is 344. The number of allylic oxidation sites excluding steroid dienone is 1. The van der Waals surface area contributed by atoms with Gasteiger partial charge in [0.2, 0.25) is 0 Å². The molecule has 1 fully saturated rings. The molecule has 4 nitrogen and oxygen atoms in total. The van der Waals surface area contributed by atoms with Crippen LogP contribution in [0.2, 0.25) is 0 Å². The van der Waals surface area contributed by atoms with Gasteiger partial charge < -0.3 is 15.1 Å². The largest absolute Gasteiger partial charge is 0.356 e. The Kier molecular flexibility index (Phi) is 12.9. The van der Waals surface area contributed by atoms with Crippen LogP contribution in [0.25, 0.3) is 0 Å². The normalized spacial score (nSPS) is 19.3. The topological polar surface area (TPSA) is 30.9 Å². The van der Waals surface area contributed by atoms with E-state index in [1.165, 1.54) is 32.5 Å². The minimum Gasteiger partial charge on any atom is -0.356 e. The van der Waals surface area contributed by atoms with E-state index in [-0.39, 0.29) is 24.0 Å². The van der Waals surface area contributed by atoms with Crippen molar-refractivity contribution in [2.24, 2.45) is 16.8 Å². The lowest BCUT2D eigenvalue weighted by Crippen LogP contribution is -2.45. The van der Waals surface area contributed by atoms with Crippen LogP contribution >= 0.6 is 24.0 Å². The van der Waals surface area contributed by atoms with Crippen molar-refractivity contribution in [1.29, 1.82) is 0 Å². The van der Waals surface area contributed by atoms with Crippen LogP contribution in [0.3, 0.4) is 0 Å². The number of unbranched alkanes of at least 4 members (excludes halogenated alkanes) is 1. The zero-order chi connectivity index (χ0) is 16.4. The smallest absolute Gasteiger partial charge is 0.193 e. The number of likely N-dealkylation sites (tertiary alicyclic amines) is 1. The first-order chi connectivity index (χ1) is 10.6. The number of piperidine rings is 1. The maximum atomic E-state index is 4.41. The van der Waals surface area contributed by atoms with E-state index in [0.29, 0.717) is 0 Å². The summed E-state index contributed by atoms with van der Waals surface area (Å²) in [5.41, 5.74) is 0. The second-order valence-electron chi connectivity index (χ2n) is 6.94. The van der Waals surface area contributed by atoms with E-state index in [4.69, 9.17) is 0 Å². The molecule has 0 aromatic heterocycles. The molecule has 0 radical (unpaired) electrons. The Morgan fingerprint density at radius 3 is 2.83 bits per heavy atom. The third-order valence-electron chi connectivity index (χ3n) is 4.25. The van der Waals surface area contributed by atoms with Crippen LogP contribution in [0.5, 0.6) is 0 Å². The molecule has 0 amide bonds. The number of guanidine groups is 1. The van der Waals surface area contributed by atoms with E-state index < -0.39 is 0 Å². The molecule has 1 aliphatic rings. The Morgan fingerprint density at radius 1 is 1.48 bits per heavy atom. The van der Waals surface area contributed by atoms with Gasteiger partial charge in [-0.1, -0.05) is 19.9 Å². The summed E-state index contributed by atoms with van der Waals surface area (Å²) in [6.45, 7) is 14.2. The van der Waals surface area contributed by atoms with Crippen LogP contribution in [0, 0.1) is 11.8 Å². The highest BCUT2D eigenvalue weighted by Crippen LogP contribution is 2.16. The molecule has 0 bridgehead atoms. The highest BCUT2D eigenvalue weighted by atomic mass is 127. The van der Waals surface area contributed by atoms with Gasteiger partial charge in [-0.2, -0.15) is 0 Å². The van der Waals surface area contributed by atoms with E-state index in [1.807, 2.05) is 13.1 Å². The SMILES string of the molecule is C=CCCCN(C)C(=NC)NCC1CCCN(CC(C)C)C1.I. The van der Waals surface area contributed by atoms with Gasteiger partial charge >= 0.3 is 0 Å². The Labute approximate surface area is 160 Å². The van der Waals surface area contributed by atoms with Gasteiger partial charge in [-0.3, -0.25) is 4.99 Å². The van der Waals surface area contributed by atoms with Crippen LogP contribution in [-0.4, -0.2) is 62.6 Å². The molecule has 1 unspecified atom stereocenters. The van der Waals surface area contributed by atoms with Gasteiger partial charge in [0.05, 0.1) is 0 Å². The fraction of sp³-hybridized carbons (Fsp3) is 0.833. The van der Waals surface area contributed by atoms with E-state index in [2.05, 4.69) is 47.6 Å². The summed E-state index contributed by atoms with van der Waals surface area (Å²) in [5.74, 6) is 2.52. The maximum Gasteiger partial charge on any atom is 0.193 e. The van der Waals surface area contributed by atoms with E-state index >= 15 is 0 Å². The Hall–Kier alpha value is -0.300. The molecule has 1 aliphatic heterocycles. The van der Waals surface area contributed by atoms with Crippen molar-refractivity contribution < 1.29 is 0 Å². The summed E-state index contributed by atoms with van der Waals surface area (Å²) in [4.78, 5) is 9.25. The predicted molar refractivity (Wildman–Crippen MR) is 113 cm³/mol. The zero-order valence-corrected chi connectivity index (χ0v) is 17.9. The van der Waals surface area contributed by atoms with Gasteiger partial charge in [0.25, 0.3) is 0 Å². The quantitative estimate of drug-likeness (QED) is 0.208. The van der Waals surface area contributed by atoms with Crippen molar-refractivity contribution in [3.8, 4) is 0 Å². The van der Waals surface area contributed by atoms with Crippen LogP contribution in [0.15, 0.2) is 17.6 Å². The molecule has 0 aliphatic carbocycles. The van der Waals surface area contributed by atoms with Gasteiger partial charge in [0.1, 0.15) is 0 Å². The van der Waals surface area contributed by atoms with Gasteiger partial charge in [0.15, 0.2) is 5.96 Å².